The zero-order valence-corrected chi connectivity index (χ0v) is 13.6. The van der Waals surface area contributed by atoms with Crippen LogP contribution in [0, 0.1) is 22.7 Å². The maximum Gasteiger partial charge on any atom is 0.155 e. The molecule has 4 rings (SSSR count). The highest BCUT2D eigenvalue weighted by atomic mass is 17.1. The summed E-state index contributed by atoms with van der Waals surface area (Å²) in [7, 11) is 0. The lowest BCUT2D eigenvalue weighted by Crippen LogP contribution is -2.45. The Morgan fingerprint density at radius 2 is 2.05 bits per heavy atom. The second-order valence-corrected chi connectivity index (χ2v) is 8.26. The Bertz CT molecular complexity index is 575. The molecule has 0 aromatic heterocycles. The predicted octanol–water partition coefficient (Wildman–Crippen LogP) is 4.30. The number of carbonyl (C=O) groups is 1. The van der Waals surface area contributed by atoms with E-state index in [0.29, 0.717) is 24.0 Å². The molecule has 2 saturated carbocycles. The van der Waals surface area contributed by atoms with Crippen molar-refractivity contribution >= 4 is 5.78 Å². The van der Waals surface area contributed by atoms with E-state index in [0.717, 1.165) is 38.5 Å². The quantitative estimate of drug-likeness (QED) is 0.446. The Hall–Kier alpha value is -0.930. The molecular formula is C19H26O3. The van der Waals surface area contributed by atoms with Crippen LogP contribution in [0.5, 0.6) is 0 Å². The van der Waals surface area contributed by atoms with Gasteiger partial charge < -0.3 is 0 Å². The van der Waals surface area contributed by atoms with Crippen LogP contribution in [0.4, 0.5) is 0 Å². The largest absolute Gasteiger partial charge is 0.295 e. The second kappa shape index (κ2) is 4.78. The summed E-state index contributed by atoms with van der Waals surface area (Å²) in [6.45, 7) is 4.64. The fourth-order valence-corrected chi connectivity index (χ4v) is 5.98. The minimum Gasteiger partial charge on any atom is -0.295 e. The van der Waals surface area contributed by atoms with E-state index in [4.69, 9.17) is 4.89 Å². The summed E-state index contributed by atoms with van der Waals surface area (Å²) in [6, 6.07) is 0. The number of ketones is 1. The van der Waals surface area contributed by atoms with Crippen molar-refractivity contribution in [2.75, 3.05) is 0 Å². The summed E-state index contributed by atoms with van der Waals surface area (Å²) in [6.07, 6.45) is 11.3. The first-order valence-corrected chi connectivity index (χ1v) is 8.73. The molecule has 0 radical (unpaired) electrons. The Morgan fingerprint density at radius 1 is 1.23 bits per heavy atom. The zero-order chi connectivity index (χ0) is 15.5. The minimum atomic E-state index is -0.0204. The van der Waals surface area contributed by atoms with Crippen molar-refractivity contribution in [3.63, 3.8) is 0 Å². The average Bonchev–Trinajstić information content (AvgIpc) is 2.84. The van der Waals surface area contributed by atoms with Gasteiger partial charge in [-0.3, -0.25) is 10.1 Å². The SMILES string of the molecule is C[C@]12CCC(=O)C=C1CCC1C2=CC[C@]2(C)C(OO)CCC12. The van der Waals surface area contributed by atoms with E-state index in [1.54, 1.807) is 5.57 Å². The molecule has 0 saturated heterocycles. The Kier molecular flexibility index (Phi) is 3.18. The molecule has 3 unspecified atom stereocenters. The van der Waals surface area contributed by atoms with Gasteiger partial charge in [0.25, 0.3) is 0 Å². The predicted molar refractivity (Wildman–Crippen MR) is 84.2 cm³/mol. The van der Waals surface area contributed by atoms with Gasteiger partial charge in [-0.15, -0.1) is 0 Å². The summed E-state index contributed by atoms with van der Waals surface area (Å²) in [4.78, 5) is 16.6. The topological polar surface area (TPSA) is 46.5 Å². The number of carbonyl (C=O) groups excluding carboxylic acids is 1. The maximum absolute atomic E-state index is 11.8. The molecule has 0 aliphatic heterocycles. The third-order valence-electron chi connectivity index (χ3n) is 7.37. The standard InChI is InChI=1S/C19H26O3/c1-18-9-7-13(20)11-12(18)3-4-14-15-5-6-17(22-21)19(15,2)10-8-16(14)18/h8,11,14-15,17,21H,3-7,9-10H2,1-2H3/t14?,15?,17?,18-,19-/m0/s1. The van der Waals surface area contributed by atoms with Gasteiger partial charge in [0.05, 0.1) is 6.10 Å². The first kappa shape index (κ1) is 14.6. The average molecular weight is 302 g/mol. The first-order valence-electron chi connectivity index (χ1n) is 8.73. The van der Waals surface area contributed by atoms with Gasteiger partial charge in [-0.2, -0.15) is 0 Å². The van der Waals surface area contributed by atoms with E-state index in [1.807, 2.05) is 6.08 Å². The van der Waals surface area contributed by atoms with Gasteiger partial charge >= 0.3 is 0 Å². The first-order chi connectivity index (χ1) is 10.5. The van der Waals surface area contributed by atoms with Gasteiger partial charge in [0.2, 0.25) is 0 Å². The van der Waals surface area contributed by atoms with Crippen LogP contribution in [0.2, 0.25) is 0 Å². The Balaban J connectivity index is 1.74. The van der Waals surface area contributed by atoms with E-state index < -0.39 is 0 Å². The zero-order valence-electron chi connectivity index (χ0n) is 13.6. The van der Waals surface area contributed by atoms with Gasteiger partial charge in [0.15, 0.2) is 5.78 Å². The van der Waals surface area contributed by atoms with Crippen molar-refractivity contribution in [3.05, 3.63) is 23.3 Å². The van der Waals surface area contributed by atoms with Crippen molar-refractivity contribution < 1.29 is 14.9 Å². The fraction of sp³-hybridized carbons (Fsp3) is 0.737. The van der Waals surface area contributed by atoms with Gasteiger partial charge in [-0.1, -0.05) is 31.1 Å². The molecule has 120 valence electrons. The van der Waals surface area contributed by atoms with E-state index in [2.05, 4.69) is 19.9 Å². The van der Waals surface area contributed by atoms with Crippen LogP contribution >= 0.6 is 0 Å². The van der Waals surface area contributed by atoms with E-state index in [9.17, 15) is 10.1 Å². The summed E-state index contributed by atoms with van der Waals surface area (Å²) < 4.78 is 0. The molecule has 4 aliphatic carbocycles. The summed E-state index contributed by atoms with van der Waals surface area (Å²) >= 11 is 0. The lowest BCUT2D eigenvalue weighted by molar-refractivity contribution is -0.300. The molecule has 0 aromatic carbocycles. The van der Waals surface area contributed by atoms with Crippen LogP contribution in [-0.2, 0) is 9.68 Å². The summed E-state index contributed by atoms with van der Waals surface area (Å²) in [5.74, 6) is 1.52. The number of allylic oxidation sites excluding steroid dienone is 4. The molecule has 4 aliphatic rings. The van der Waals surface area contributed by atoms with Crippen LogP contribution in [0.1, 0.15) is 58.8 Å². The molecule has 0 amide bonds. The molecule has 0 spiro atoms. The molecular weight excluding hydrogens is 276 g/mol. The molecule has 0 heterocycles. The highest BCUT2D eigenvalue weighted by Crippen LogP contribution is 2.63. The highest BCUT2D eigenvalue weighted by molar-refractivity contribution is 5.92. The molecule has 22 heavy (non-hydrogen) atoms. The summed E-state index contributed by atoms with van der Waals surface area (Å²) in [5.41, 5.74) is 3.13. The van der Waals surface area contributed by atoms with E-state index in [-0.39, 0.29) is 16.9 Å². The van der Waals surface area contributed by atoms with Gasteiger partial charge in [-0.25, -0.2) is 4.89 Å². The molecule has 3 nitrogen and oxygen atoms in total. The normalized spacial score (nSPS) is 47.2. The number of hydrogen-bond acceptors (Lipinski definition) is 3. The lowest BCUT2D eigenvalue weighted by Gasteiger charge is -2.53. The third-order valence-corrected chi connectivity index (χ3v) is 7.37. The second-order valence-electron chi connectivity index (χ2n) is 8.26. The van der Waals surface area contributed by atoms with Crippen molar-refractivity contribution in [1.29, 1.82) is 0 Å². The van der Waals surface area contributed by atoms with Crippen LogP contribution in [0.3, 0.4) is 0 Å². The minimum absolute atomic E-state index is 0.0204. The Morgan fingerprint density at radius 3 is 2.82 bits per heavy atom. The maximum atomic E-state index is 11.8. The number of hydrogen-bond donors (Lipinski definition) is 1. The number of fused-ring (bicyclic) bond motifs is 5. The van der Waals surface area contributed by atoms with Gasteiger partial charge in [0.1, 0.15) is 0 Å². The molecule has 0 bridgehead atoms. The van der Waals surface area contributed by atoms with E-state index in [1.165, 1.54) is 5.57 Å². The smallest absolute Gasteiger partial charge is 0.155 e. The fourth-order valence-electron chi connectivity index (χ4n) is 5.98. The highest BCUT2D eigenvalue weighted by Gasteiger charge is 2.56. The lowest BCUT2D eigenvalue weighted by atomic mass is 9.52. The molecule has 3 heteroatoms. The Labute approximate surface area is 132 Å². The van der Waals surface area contributed by atoms with Crippen molar-refractivity contribution in [3.8, 4) is 0 Å². The van der Waals surface area contributed by atoms with Crippen LogP contribution in [0.15, 0.2) is 23.3 Å². The van der Waals surface area contributed by atoms with Crippen LogP contribution in [0.25, 0.3) is 0 Å². The number of rotatable bonds is 1. The summed E-state index contributed by atoms with van der Waals surface area (Å²) in [5, 5.41) is 9.27. The third kappa shape index (κ3) is 1.78. The van der Waals surface area contributed by atoms with Crippen LogP contribution < -0.4 is 0 Å². The molecule has 1 N–H and O–H groups in total. The molecule has 2 fully saturated rings. The molecule has 5 atom stereocenters. The van der Waals surface area contributed by atoms with E-state index >= 15 is 0 Å². The van der Waals surface area contributed by atoms with Crippen molar-refractivity contribution in [2.45, 2.75) is 64.9 Å². The molecule has 0 aromatic rings. The van der Waals surface area contributed by atoms with Crippen molar-refractivity contribution in [2.24, 2.45) is 22.7 Å². The van der Waals surface area contributed by atoms with Gasteiger partial charge in [-0.05, 0) is 56.4 Å². The van der Waals surface area contributed by atoms with Crippen LogP contribution in [-0.4, -0.2) is 17.1 Å². The van der Waals surface area contributed by atoms with Gasteiger partial charge in [0, 0.05) is 17.3 Å². The monoisotopic (exact) mass is 302 g/mol. The van der Waals surface area contributed by atoms with Crippen molar-refractivity contribution in [1.82, 2.24) is 0 Å².